The van der Waals surface area contributed by atoms with Gasteiger partial charge in [-0.3, -0.25) is 0 Å². The molecule has 1 heterocycles. The van der Waals surface area contributed by atoms with Crippen molar-refractivity contribution in [2.24, 2.45) is 4.99 Å². The van der Waals surface area contributed by atoms with E-state index in [1.165, 1.54) is 11.0 Å². The molecule has 4 nitrogen and oxygen atoms in total. The fourth-order valence-corrected chi connectivity index (χ4v) is 1.87. The second-order valence-corrected chi connectivity index (χ2v) is 4.07. The highest BCUT2D eigenvalue weighted by molar-refractivity contribution is 7.11. The third-order valence-corrected chi connectivity index (χ3v) is 2.32. The highest BCUT2D eigenvalue weighted by Crippen LogP contribution is 2.14. The van der Waals surface area contributed by atoms with Crippen molar-refractivity contribution in [1.82, 2.24) is 9.88 Å². The van der Waals surface area contributed by atoms with Gasteiger partial charge in [0, 0.05) is 17.6 Å². The first kappa shape index (κ1) is 10.1. The molecule has 0 aliphatic rings. The number of hydrogen-bond acceptors (Lipinski definition) is 5. The summed E-state index contributed by atoms with van der Waals surface area (Å²) in [7, 11) is 4.01. The van der Waals surface area contributed by atoms with Crippen LogP contribution in [0, 0.1) is 0 Å². The fourth-order valence-electron chi connectivity index (χ4n) is 0.906. The largest absolute Gasteiger partial charge is 0.304 e. The van der Waals surface area contributed by atoms with E-state index < -0.39 is 0 Å². The first-order valence-corrected chi connectivity index (χ1v) is 4.66. The third-order valence-electron chi connectivity index (χ3n) is 1.35. The molecule has 0 aliphatic heterocycles. The number of hydrogen-bond donors (Lipinski definition) is 0. The van der Waals surface area contributed by atoms with Gasteiger partial charge in [0.2, 0.25) is 6.08 Å². The molecule has 0 atom stereocenters. The van der Waals surface area contributed by atoms with Crippen molar-refractivity contribution in [3.05, 3.63) is 16.1 Å². The van der Waals surface area contributed by atoms with Crippen molar-refractivity contribution in [3.63, 3.8) is 0 Å². The van der Waals surface area contributed by atoms with Gasteiger partial charge < -0.3 is 4.90 Å². The van der Waals surface area contributed by atoms with Gasteiger partial charge in [-0.15, -0.1) is 11.3 Å². The Morgan fingerprint density at radius 2 is 2.46 bits per heavy atom. The quantitative estimate of drug-likeness (QED) is 0.535. The molecule has 0 unspecified atom stereocenters. The number of carbonyl (C=O) groups excluding carboxylic acids is 1. The highest BCUT2D eigenvalue weighted by Gasteiger charge is 2.01. The first-order valence-electron chi connectivity index (χ1n) is 3.84. The molecule has 0 saturated heterocycles. The molecule has 0 saturated carbocycles. The normalized spacial score (nSPS) is 10.1. The van der Waals surface area contributed by atoms with Gasteiger partial charge in [0.25, 0.3) is 0 Å². The topological polar surface area (TPSA) is 45.6 Å². The number of nitrogens with zero attached hydrogens (tertiary/aromatic N) is 3. The van der Waals surface area contributed by atoms with Crippen LogP contribution in [0.3, 0.4) is 0 Å². The summed E-state index contributed by atoms with van der Waals surface area (Å²) in [6.45, 7) is 1.23. The molecule has 0 bridgehead atoms. The molecular weight excluding hydrogens is 186 g/mol. The molecule has 0 N–H and O–H groups in total. The summed E-state index contributed by atoms with van der Waals surface area (Å²) >= 11 is 1.58. The lowest BCUT2D eigenvalue weighted by Crippen LogP contribution is -2.09. The number of thiazole rings is 1. The lowest BCUT2D eigenvalue weighted by Gasteiger charge is -2.05. The van der Waals surface area contributed by atoms with E-state index in [1.807, 2.05) is 20.3 Å². The molecule has 70 valence electrons. The Balaban J connectivity index is 2.58. The molecule has 0 amide bonds. The molecule has 0 aromatic carbocycles. The van der Waals surface area contributed by atoms with E-state index in [4.69, 9.17) is 0 Å². The van der Waals surface area contributed by atoms with Gasteiger partial charge in [-0.25, -0.2) is 9.78 Å². The Bertz CT molecular complexity index is 315. The third kappa shape index (κ3) is 3.46. The summed E-state index contributed by atoms with van der Waals surface area (Å²) in [5.41, 5.74) is 0. The lowest BCUT2D eigenvalue weighted by molar-refractivity contribution is 0.406. The van der Waals surface area contributed by atoms with Gasteiger partial charge in [0.05, 0.1) is 0 Å². The fraction of sp³-hybridized carbons (Fsp3) is 0.500. The summed E-state index contributed by atoms with van der Waals surface area (Å²) in [6.07, 6.45) is 3.32. The molecule has 1 aromatic heterocycles. The molecule has 0 spiro atoms. The zero-order valence-corrected chi connectivity index (χ0v) is 8.47. The lowest BCUT2D eigenvalue weighted by atomic mass is 10.5. The smallest absolute Gasteiger partial charge is 0.235 e. The van der Waals surface area contributed by atoms with E-state index >= 15 is 0 Å². The number of isocyanates is 1. The summed E-state index contributed by atoms with van der Waals surface area (Å²) in [6, 6.07) is 0. The first-order chi connectivity index (χ1) is 6.22. The predicted octanol–water partition coefficient (Wildman–Crippen LogP) is 1.04. The van der Waals surface area contributed by atoms with Gasteiger partial charge >= 0.3 is 0 Å². The summed E-state index contributed by atoms with van der Waals surface area (Å²) in [5.74, 6) is 0. The Labute approximate surface area is 80.9 Å². The Morgan fingerprint density at radius 1 is 1.69 bits per heavy atom. The van der Waals surface area contributed by atoms with E-state index in [9.17, 15) is 4.79 Å². The number of aliphatic imine (C=N–C) groups is 1. The Kier molecular flexibility index (Phi) is 3.76. The van der Waals surface area contributed by atoms with Crippen LogP contribution in [0.15, 0.2) is 11.2 Å². The second kappa shape index (κ2) is 4.87. The molecule has 1 aromatic rings. The van der Waals surface area contributed by atoms with Crippen LogP contribution in [0.4, 0.5) is 0 Å². The van der Waals surface area contributed by atoms with Gasteiger partial charge in [-0.05, 0) is 14.1 Å². The second-order valence-electron chi connectivity index (χ2n) is 2.87. The molecule has 0 aliphatic carbocycles. The Hall–Kier alpha value is -1.03. The van der Waals surface area contributed by atoms with Crippen LogP contribution in [0.2, 0.25) is 0 Å². The monoisotopic (exact) mass is 197 g/mol. The van der Waals surface area contributed by atoms with Crippen molar-refractivity contribution < 1.29 is 4.79 Å². The standard InChI is InChI=1S/C8H11N3OS/c1-11(2)5-7-3-10-8(13-7)4-9-6-12/h3H,4-5H2,1-2H3. The van der Waals surface area contributed by atoms with Crippen LogP contribution in [0.5, 0.6) is 0 Å². The minimum Gasteiger partial charge on any atom is -0.304 e. The number of aromatic nitrogens is 1. The van der Waals surface area contributed by atoms with Gasteiger partial charge in [-0.2, -0.15) is 4.99 Å². The molecule has 0 fully saturated rings. The van der Waals surface area contributed by atoms with Gasteiger partial charge in [-0.1, -0.05) is 0 Å². The molecule has 5 heteroatoms. The van der Waals surface area contributed by atoms with Crippen LogP contribution >= 0.6 is 11.3 Å². The average Bonchev–Trinajstić information content (AvgIpc) is 2.48. The van der Waals surface area contributed by atoms with Crippen LogP contribution in [-0.4, -0.2) is 30.1 Å². The highest BCUT2D eigenvalue weighted by atomic mass is 32.1. The summed E-state index contributed by atoms with van der Waals surface area (Å²) in [5, 5.41) is 0.861. The summed E-state index contributed by atoms with van der Waals surface area (Å²) < 4.78 is 0. The van der Waals surface area contributed by atoms with E-state index in [0.717, 1.165) is 11.6 Å². The zero-order valence-electron chi connectivity index (χ0n) is 7.65. The van der Waals surface area contributed by atoms with Crippen LogP contribution in [-0.2, 0) is 17.9 Å². The van der Waals surface area contributed by atoms with Gasteiger partial charge in [0.15, 0.2) is 0 Å². The van der Waals surface area contributed by atoms with E-state index in [-0.39, 0.29) is 0 Å². The van der Waals surface area contributed by atoms with Crippen molar-refractivity contribution in [2.75, 3.05) is 14.1 Å². The van der Waals surface area contributed by atoms with Crippen LogP contribution in [0.1, 0.15) is 9.88 Å². The predicted molar refractivity (Wildman–Crippen MR) is 51.3 cm³/mol. The van der Waals surface area contributed by atoms with E-state index in [1.54, 1.807) is 11.3 Å². The molecule has 13 heavy (non-hydrogen) atoms. The minimum atomic E-state index is 0.349. The van der Waals surface area contributed by atoms with E-state index in [0.29, 0.717) is 6.54 Å². The molecule has 1 rings (SSSR count). The van der Waals surface area contributed by atoms with Crippen LogP contribution in [0.25, 0.3) is 0 Å². The minimum absolute atomic E-state index is 0.349. The maximum absolute atomic E-state index is 9.84. The van der Waals surface area contributed by atoms with Crippen molar-refractivity contribution in [2.45, 2.75) is 13.1 Å². The number of rotatable bonds is 4. The van der Waals surface area contributed by atoms with Gasteiger partial charge in [0.1, 0.15) is 11.6 Å². The zero-order chi connectivity index (χ0) is 9.68. The average molecular weight is 197 g/mol. The SMILES string of the molecule is CN(C)Cc1cnc(CN=C=O)s1. The van der Waals surface area contributed by atoms with Crippen LogP contribution < -0.4 is 0 Å². The summed E-state index contributed by atoms with van der Waals surface area (Å²) in [4.78, 5) is 20.7. The van der Waals surface area contributed by atoms with Crippen molar-refractivity contribution >= 4 is 17.4 Å². The maximum atomic E-state index is 9.84. The maximum Gasteiger partial charge on any atom is 0.235 e. The molecule has 0 radical (unpaired) electrons. The van der Waals surface area contributed by atoms with E-state index in [2.05, 4.69) is 14.9 Å². The Morgan fingerprint density at radius 3 is 3.08 bits per heavy atom. The van der Waals surface area contributed by atoms with Crippen molar-refractivity contribution in [3.8, 4) is 0 Å². The molecular formula is C8H11N3OS. The van der Waals surface area contributed by atoms with Crippen molar-refractivity contribution in [1.29, 1.82) is 0 Å².